The predicted molar refractivity (Wildman–Crippen MR) is 90.1 cm³/mol. The maximum Gasteiger partial charge on any atom is 0.248 e. The zero-order valence-electron chi connectivity index (χ0n) is 13.7. The lowest BCUT2D eigenvalue weighted by Crippen LogP contribution is -2.41. The van der Waals surface area contributed by atoms with Crippen LogP contribution in [-0.4, -0.2) is 42.6 Å². The highest BCUT2D eigenvalue weighted by Gasteiger charge is 2.25. The topological polar surface area (TPSA) is 42.4 Å². The standard InChI is InChI=1S/C19H21FN2O2/c1-24-13-19(23)22-11-5-6-14(12-22)17-9-4-10-18(21-17)15-7-2-3-8-16(15)20/h2-4,7-10,14H,5-6,11-13H2,1H3. The van der Waals surface area contributed by atoms with E-state index in [0.717, 1.165) is 25.1 Å². The van der Waals surface area contributed by atoms with E-state index in [1.807, 2.05) is 23.1 Å². The highest BCUT2D eigenvalue weighted by molar-refractivity contribution is 5.77. The van der Waals surface area contributed by atoms with E-state index < -0.39 is 0 Å². The number of aromatic nitrogens is 1. The van der Waals surface area contributed by atoms with E-state index in [0.29, 0.717) is 17.8 Å². The molecule has 4 nitrogen and oxygen atoms in total. The summed E-state index contributed by atoms with van der Waals surface area (Å²) in [5.74, 6) is -0.0959. The summed E-state index contributed by atoms with van der Waals surface area (Å²) < 4.78 is 18.9. The monoisotopic (exact) mass is 328 g/mol. The molecule has 0 saturated carbocycles. The molecule has 1 atom stereocenters. The third-order valence-electron chi connectivity index (χ3n) is 4.38. The van der Waals surface area contributed by atoms with Gasteiger partial charge in [-0.15, -0.1) is 0 Å². The third-order valence-corrected chi connectivity index (χ3v) is 4.38. The molecule has 0 bridgehead atoms. The van der Waals surface area contributed by atoms with Crippen LogP contribution in [0.4, 0.5) is 4.39 Å². The minimum Gasteiger partial charge on any atom is -0.375 e. The zero-order valence-corrected chi connectivity index (χ0v) is 13.7. The number of hydrogen-bond acceptors (Lipinski definition) is 3. The fourth-order valence-electron chi connectivity index (χ4n) is 3.16. The average Bonchev–Trinajstić information content (AvgIpc) is 2.62. The lowest BCUT2D eigenvalue weighted by Gasteiger charge is -2.32. The Morgan fingerprint density at radius 1 is 1.29 bits per heavy atom. The SMILES string of the molecule is COCC(=O)N1CCCC(c2cccc(-c3ccccc3F)n2)C1. The molecule has 0 spiro atoms. The second kappa shape index (κ2) is 7.53. The van der Waals surface area contributed by atoms with Crippen molar-refractivity contribution >= 4 is 5.91 Å². The van der Waals surface area contributed by atoms with Crippen molar-refractivity contribution in [2.24, 2.45) is 0 Å². The van der Waals surface area contributed by atoms with Crippen LogP contribution < -0.4 is 0 Å². The molecule has 1 unspecified atom stereocenters. The lowest BCUT2D eigenvalue weighted by atomic mass is 9.93. The Morgan fingerprint density at radius 3 is 2.92 bits per heavy atom. The van der Waals surface area contributed by atoms with Crippen LogP contribution in [0.15, 0.2) is 42.5 Å². The quantitative estimate of drug-likeness (QED) is 0.865. The van der Waals surface area contributed by atoms with E-state index in [1.54, 1.807) is 18.2 Å². The molecule has 24 heavy (non-hydrogen) atoms. The van der Waals surface area contributed by atoms with E-state index in [1.165, 1.54) is 13.2 Å². The molecule has 3 rings (SSSR count). The van der Waals surface area contributed by atoms with Gasteiger partial charge < -0.3 is 9.64 Å². The highest BCUT2D eigenvalue weighted by atomic mass is 19.1. The van der Waals surface area contributed by atoms with Gasteiger partial charge in [-0.25, -0.2) is 4.39 Å². The largest absolute Gasteiger partial charge is 0.375 e. The second-order valence-corrected chi connectivity index (χ2v) is 6.04. The van der Waals surface area contributed by atoms with Gasteiger partial charge in [0, 0.05) is 37.4 Å². The summed E-state index contributed by atoms with van der Waals surface area (Å²) in [4.78, 5) is 18.5. The van der Waals surface area contributed by atoms with Crippen molar-refractivity contribution < 1.29 is 13.9 Å². The second-order valence-electron chi connectivity index (χ2n) is 6.04. The Morgan fingerprint density at radius 2 is 2.12 bits per heavy atom. The number of halogens is 1. The van der Waals surface area contributed by atoms with Gasteiger partial charge in [-0.3, -0.25) is 9.78 Å². The summed E-state index contributed by atoms with van der Waals surface area (Å²) in [6, 6.07) is 12.3. The number of carbonyl (C=O) groups is 1. The van der Waals surface area contributed by atoms with Crippen molar-refractivity contribution in [2.75, 3.05) is 26.8 Å². The molecule has 1 aromatic heterocycles. The predicted octanol–water partition coefficient (Wildman–Crippen LogP) is 3.24. The number of carbonyl (C=O) groups excluding carboxylic acids is 1. The van der Waals surface area contributed by atoms with Gasteiger partial charge in [0.15, 0.2) is 0 Å². The van der Waals surface area contributed by atoms with Gasteiger partial charge >= 0.3 is 0 Å². The van der Waals surface area contributed by atoms with Crippen LogP contribution in [-0.2, 0) is 9.53 Å². The highest BCUT2D eigenvalue weighted by Crippen LogP contribution is 2.28. The molecule has 2 heterocycles. The molecule has 1 aliphatic heterocycles. The van der Waals surface area contributed by atoms with E-state index in [-0.39, 0.29) is 24.2 Å². The Kier molecular flexibility index (Phi) is 5.20. The molecule has 1 amide bonds. The number of methoxy groups -OCH3 is 1. The fraction of sp³-hybridized carbons (Fsp3) is 0.368. The van der Waals surface area contributed by atoms with Crippen LogP contribution in [0.3, 0.4) is 0 Å². The van der Waals surface area contributed by atoms with Crippen molar-refractivity contribution in [1.82, 2.24) is 9.88 Å². The number of nitrogens with zero attached hydrogens (tertiary/aromatic N) is 2. The van der Waals surface area contributed by atoms with Gasteiger partial charge in [0.05, 0.1) is 5.69 Å². The Hall–Kier alpha value is -2.27. The molecular formula is C19H21FN2O2. The number of ether oxygens (including phenoxy) is 1. The number of piperidine rings is 1. The van der Waals surface area contributed by atoms with Gasteiger partial charge in [0.1, 0.15) is 12.4 Å². The van der Waals surface area contributed by atoms with E-state index >= 15 is 0 Å². The minimum atomic E-state index is -0.275. The molecule has 2 aromatic rings. The molecule has 5 heteroatoms. The summed E-state index contributed by atoms with van der Waals surface area (Å²) in [6.07, 6.45) is 1.91. The Bertz CT molecular complexity index is 720. The van der Waals surface area contributed by atoms with Crippen molar-refractivity contribution in [2.45, 2.75) is 18.8 Å². The van der Waals surface area contributed by atoms with Crippen molar-refractivity contribution in [3.63, 3.8) is 0 Å². The summed E-state index contributed by atoms with van der Waals surface area (Å²) in [5, 5.41) is 0. The number of likely N-dealkylation sites (tertiary alicyclic amines) is 1. The van der Waals surface area contributed by atoms with Crippen LogP contribution in [0, 0.1) is 5.82 Å². The first-order valence-electron chi connectivity index (χ1n) is 8.17. The lowest BCUT2D eigenvalue weighted by molar-refractivity contribution is -0.136. The molecule has 1 aliphatic rings. The van der Waals surface area contributed by atoms with Crippen LogP contribution >= 0.6 is 0 Å². The van der Waals surface area contributed by atoms with Gasteiger partial charge in [-0.05, 0) is 37.1 Å². The first-order chi connectivity index (χ1) is 11.7. The van der Waals surface area contributed by atoms with Crippen molar-refractivity contribution in [1.29, 1.82) is 0 Å². The summed E-state index contributed by atoms with van der Waals surface area (Å²) in [6.45, 7) is 1.50. The number of rotatable bonds is 4. The van der Waals surface area contributed by atoms with Crippen molar-refractivity contribution in [3.8, 4) is 11.3 Å². The minimum absolute atomic E-state index is 0.00691. The summed E-state index contributed by atoms with van der Waals surface area (Å²) in [5.41, 5.74) is 2.04. The molecule has 1 aromatic carbocycles. The van der Waals surface area contributed by atoms with E-state index in [2.05, 4.69) is 4.98 Å². The number of amides is 1. The normalized spacial score (nSPS) is 17.8. The molecule has 1 fully saturated rings. The van der Waals surface area contributed by atoms with Crippen molar-refractivity contribution in [3.05, 3.63) is 54.0 Å². The maximum atomic E-state index is 14.0. The maximum absolute atomic E-state index is 14.0. The van der Waals surface area contributed by atoms with Crippen LogP contribution in [0.25, 0.3) is 11.3 Å². The van der Waals surface area contributed by atoms with E-state index in [9.17, 15) is 9.18 Å². The molecular weight excluding hydrogens is 307 g/mol. The molecule has 1 saturated heterocycles. The molecule has 0 radical (unpaired) electrons. The van der Waals surface area contributed by atoms with E-state index in [4.69, 9.17) is 4.74 Å². The van der Waals surface area contributed by atoms with Gasteiger partial charge in [0.25, 0.3) is 0 Å². The number of benzene rings is 1. The van der Waals surface area contributed by atoms with Gasteiger partial charge in [0.2, 0.25) is 5.91 Å². The Balaban J connectivity index is 1.81. The van der Waals surface area contributed by atoms with Gasteiger partial charge in [-0.1, -0.05) is 18.2 Å². The van der Waals surface area contributed by atoms with Gasteiger partial charge in [-0.2, -0.15) is 0 Å². The molecule has 0 aliphatic carbocycles. The van der Waals surface area contributed by atoms with Crippen LogP contribution in [0.1, 0.15) is 24.5 Å². The summed E-state index contributed by atoms with van der Waals surface area (Å²) >= 11 is 0. The Labute approximate surface area is 141 Å². The average molecular weight is 328 g/mol. The molecule has 126 valence electrons. The zero-order chi connectivity index (χ0) is 16.9. The molecule has 0 N–H and O–H groups in total. The smallest absolute Gasteiger partial charge is 0.248 e. The summed E-state index contributed by atoms with van der Waals surface area (Å²) in [7, 11) is 1.53. The van der Waals surface area contributed by atoms with Crippen LogP contribution in [0.5, 0.6) is 0 Å². The first kappa shape index (κ1) is 16.6. The first-order valence-corrected chi connectivity index (χ1v) is 8.17. The van der Waals surface area contributed by atoms with Crippen LogP contribution in [0.2, 0.25) is 0 Å². The fourth-order valence-corrected chi connectivity index (χ4v) is 3.16. The number of pyridine rings is 1. The number of hydrogen-bond donors (Lipinski definition) is 0. The third kappa shape index (κ3) is 3.62.